The summed E-state index contributed by atoms with van der Waals surface area (Å²) < 4.78 is 7.33. The molecule has 2 aromatic heterocycles. The summed E-state index contributed by atoms with van der Waals surface area (Å²) in [6, 6.07) is 1.96. The average molecular weight is 404 g/mol. The van der Waals surface area contributed by atoms with Gasteiger partial charge in [0.25, 0.3) is 0 Å². The molecule has 0 radical (unpaired) electrons. The van der Waals surface area contributed by atoms with Crippen LogP contribution < -0.4 is 10.6 Å². The van der Waals surface area contributed by atoms with E-state index in [0.717, 1.165) is 17.1 Å². The van der Waals surface area contributed by atoms with Crippen LogP contribution in [0.4, 0.5) is 0 Å². The molecule has 0 saturated carbocycles. The van der Waals surface area contributed by atoms with Gasteiger partial charge >= 0.3 is 0 Å². The first-order valence-corrected chi connectivity index (χ1v) is 6.44. The summed E-state index contributed by atoms with van der Waals surface area (Å²) >= 11 is 0. The Hall–Kier alpha value is -1.58. The molecule has 0 aliphatic carbocycles. The van der Waals surface area contributed by atoms with Crippen molar-refractivity contribution < 1.29 is 4.42 Å². The van der Waals surface area contributed by atoms with Crippen molar-refractivity contribution in [1.29, 1.82) is 0 Å². The van der Waals surface area contributed by atoms with Gasteiger partial charge < -0.3 is 15.1 Å². The van der Waals surface area contributed by atoms with E-state index in [1.807, 2.05) is 31.6 Å². The van der Waals surface area contributed by atoms with E-state index >= 15 is 0 Å². The molecule has 0 unspecified atom stereocenters. The molecule has 0 amide bonds. The normalized spacial score (nSPS) is 11.1. The molecule has 7 nitrogen and oxygen atoms in total. The van der Waals surface area contributed by atoms with Gasteiger partial charge in [-0.2, -0.15) is 5.10 Å². The van der Waals surface area contributed by atoms with Gasteiger partial charge in [-0.1, -0.05) is 0 Å². The highest BCUT2D eigenvalue weighted by molar-refractivity contribution is 14.0. The molecule has 0 aliphatic rings. The second-order valence-corrected chi connectivity index (χ2v) is 4.47. The number of aromatic nitrogens is 3. The summed E-state index contributed by atoms with van der Waals surface area (Å²) in [7, 11) is 3.64. The second kappa shape index (κ2) is 8.01. The highest BCUT2D eigenvalue weighted by Crippen LogP contribution is 2.07. The van der Waals surface area contributed by atoms with Gasteiger partial charge in [0, 0.05) is 20.3 Å². The number of nitrogens with one attached hydrogen (secondary N) is 2. The van der Waals surface area contributed by atoms with Gasteiger partial charge in [0.05, 0.1) is 24.5 Å². The molecule has 8 heteroatoms. The molecule has 0 spiro atoms. The van der Waals surface area contributed by atoms with Crippen molar-refractivity contribution in [2.24, 2.45) is 12.0 Å². The van der Waals surface area contributed by atoms with E-state index in [1.54, 1.807) is 13.2 Å². The van der Waals surface area contributed by atoms with Crippen LogP contribution in [-0.4, -0.2) is 27.8 Å². The highest BCUT2D eigenvalue weighted by Gasteiger charge is 2.06. The quantitative estimate of drug-likeness (QED) is 0.459. The Morgan fingerprint density at radius 3 is 2.57 bits per heavy atom. The smallest absolute Gasteiger partial charge is 0.214 e. The Bertz CT molecular complexity index is 584. The van der Waals surface area contributed by atoms with Crippen LogP contribution in [0.2, 0.25) is 0 Å². The summed E-state index contributed by atoms with van der Waals surface area (Å²) in [6.07, 6.45) is 1.77. The lowest BCUT2D eigenvalue weighted by Gasteiger charge is -2.10. The van der Waals surface area contributed by atoms with Crippen molar-refractivity contribution in [2.45, 2.75) is 26.9 Å². The van der Waals surface area contributed by atoms with Gasteiger partial charge in [-0.3, -0.25) is 9.67 Å². The molecule has 21 heavy (non-hydrogen) atoms. The molecule has 2 rings (SSSR count). The van der Waals surface area contributed by atoms with E-state index in [1.165, 1.54) is 0 Å². The minimum absolute atomic E-state index is 0. The highest BCUT2D eigenvalue weighted by atomic mass is 127. The Morgan fingerprint density at radius 2 is 2.05 bits per heavy atom. The van der Waals surface area contributed by atoms with E-state index < -0.39 is 0 Å². The summed E-state index contributed by atoms with van der Waals surface area (Å²) in [4.78, 5) is 8.47. The largest absolute Gasteiger partial charge is 0.444 e. The Labute approximate surface area is 141 Å². The number of hydrogen-bond acceptors (Lipinski definition) is 4. The SMILES string of the molecule is CN=C(NCc1nc(C)c(C)o1)NCc1ccnn1C.I. The van der Waals surface area contributed by atoms with Gasteiger partial charge in [0.15, 0.2) is 5.96 Å². The number of aryl methyl sites for hydroxylation is 3. The maximum atomic E-state index is 5.51. The first-order chi connectivity index (χ1) is 9.60. The van der Waals surface area contributed by atoms with Crippen LogP contribution >= 0.6 is 24.0 Å². The molecule has 0 aliphatic heterocycles. The Kier molecular flexibility index (Phi) is 6.66. The van der Waals surface area contributed by atoms with Crippen molar-refractivity contribution in [3.63, 3.8) is 0 Å². The summed E-state index contributed by atoms with van der Waals surface area (Å²) in [5, 5.41) is 10.5. The molecule has 2 aromatic rings. The lowest BCUT2D eigenvalue weighted by atomic mass is 10.4. The maximum Gasteiger partial charge on any atom is 0.214 e. The fraction of sp³-hybridized carbons (Fsp3) is 0.462. The van der Waals surface area contributed by atoms with Crippen LogP contribution in [0, 0.1) is 13.8 Å². The van der Waals surface area contributed by atoms with Gasteiger partial charge in [-0.25, -0.2) is 4.98 Å². The van der Waals surface area contributed by atoms with Crippen molar-refractivity contribution in [3.05, 3.63) is 35.3 Å². The summed E-state index contributed by atoms with van der Waals surface area (Å²) in [5.74, 6) is 2.20. The number of guanidine groups is 1. The summed E-state index contributed by atoms with van der Waals surface area (Å²) in [5.41, 5.74) is 2.00. The van der Waals surface area contributed by atoms with Gasteiger partial charge in [-0.05, 0) is 19.9 Å². The fourth-order valence-electron chi connectivity index (χ4n) is 1.74. The third kappa shape index (κ3) is 4.73. The molecule has 0 fully saturated rings. The first-order valence-electron chi connectivity index (χ1n) is 6.44. The van der Waals surface area contributed by atoms with E-state index in [0.29, 0.717) is 24.9 Å². The predicted octanol–water partition coefficient (Wildman–Crippen LogP) is 1.51. The lowest BCUT2D eigenvalue weighted by molar-refractivity contribution is 0.463. The zero-order valence-electron chi connectivity index (χ0n) is 12.7. The third-order valence-corrected chi connectivity index (χ3v) is 3.06. The number of halogens is 1. The Balaban J connectivity index is 0.00000220. The van der Waals surface area contributed by atoms with Crippen LogP contribution in [0.3, 0.4) is 0 Å². The van der Waals surface area contributed by atoms with Crippen LogP contribution in [0.5, 0.6) is 0 Å². The van der Waals surface area contributed by atoms with E-state index in [-0.39, 0.29) is 24.0 Å². The van der Waals surface area contributed by atoms with Crippen molar-refractivity contribution in [2.75, 3.05) is 7.05 Å². The maximum absolute atomic E-state index is 5.51. The van der Waals surface area contributed by atoms with Crippen LogP contribution in [0.25, 0.3) is 0 Å². The zero-order valence-corrected chi connectivity index (χ0v) is 15.0. The minimum Gasteiger partial charge on any atom is -0.444 e. The molecular weight excluding hydrogens is 383 g/mol. The lowest BCUT2D eigenvalue weighted by Crippen LogP contribution is -2.36. The standard InChI is InChI=1S/C13H20N6O.HI/c1-9-10(2)20-12(18-9)8-16-13(14-3)15-7-11-5-6-17-19(11)4;/h5-6H,7-8H2,1-4H3,(H2,14,15,16);1H. The van der Waals surface area contributed by atoms with E-state index in [9.17, 15) is 0 Å². The number of oxazole rings is 1. The monoisotopic (exact) mass is 404 g/mol. The number of rotatable bonds is 4. The van der Waals surface area contributed by atoms with E-state index in [2.05, 4.69) is 25.7 Å². The topological polar surface area (TPSA) is 80.3 Å². The first kappa shape index (κ1) is 17.5. The molecule has 0 saturated heterocycles. The average Bonchev–Trinajstić information content (AvgIpc) is 2.97. The van der Waals surface area contributed by atoms with Crippen LogP contribution in [0.15, 0.2) is 21.7 Å². The molecule has 0 bridgehead atoms. The number of hydrogen-bond donors (Lipinski definition) is 2. The minimum atomic E-state index is 0. The van der Waals surface area contributed by atoms with Crippen molar-refractivity contribution in [3.8, 4) is 0 Å². The molecule has 0 atom stereocenters. The summed E-state index contributed by atoms with van der Waals surface area (Å²) in [6.45, 7) is 4.98. The van der Waals surface area contributed by atoms with Gasteiger partial charge in [-0.15, -0.1) is 24.0 Å². The van der Waals surface area contributed by atoms with Crippen molar-refractivity contribution in [1.82, 2.24) is 25.4 Å². The predicted molar refractivity (Wildman–Crippen MR) is 91.6 cm³/mol. The van der Waals surface area contributed by atoms with Crippen LogP contribution in [0.1, 0.15) is 23.0 Å². The van der Waals surface area contributed by atoms with E-state index in [4.69, 9.17) is 4.42 Å². The molecule has 2 heterocycles. The molecule has 116 valence electrons. The van der Waals surface area contributed by atoms with Crippen LogP contribution in [-0.2, 0) is 20.1 Å². The van der Waals surface area contributed by atoms with Crippen molar-refractivity contribution >= 4 is 29.9 Å². The second-order valence-electron chi connectivity index (χ2n) is 4.47. The number of nitrogens with zero attached hydrogens (tertiary/aromatic N) is 4. The third-order valence-electron chi connectivity index (χ3n) is 3.06. The molecule has 0 aromatic carbocycles. The molecular formula is C13H21IN6O. The zero-order chi connectivity index (χ0) is 14.5. The Morgan fingerprint density at radius 1 is 1.33 bits per heavy atom. The van der Waals surface area contributed by atoms with Gasteiger partial charge in [0.1, 0.15) is 5.76 Å². The molecule has 2 N–H and O–H groups in total. The van der Waals surface area contributed by atoms with Gasteiger partial charge in [0.2, 0.25) is 5.89 Å². The number of aliphatic imine (C=N–C) groups is 1. The fourth-order valence-corrected chi connectivity index (χ4v) is 1.74.